The Morgan fingerprint density at radius 2 is 2.32 bits per heavy atom. The molecule has 8 nitrogen and oxygen atoms in total. The zero-order valence-electron chi connectivity index (χ0n) is 13.8. The number of nitrogens with one attached hydrogen (secondary N) is 1. The number of rotatable bonds is 7. The third-order valence-electron chi connectivity index (χ3n) is 4.17. The number of fused-ring (bicyclic) bond motifs is 1. The van der Waals surface area contributed by atoms with E-state index >= 15 is 0 Å². The first-order valence-electron chi connectivity index (χ1n) is 7.93. The zero-order chi connectivity index (χ0) is 18.0. The minimum absolute atomic E-state index is 0.0552. The summed E-state index contributed by atoms with van der Waals surface area (Å²) in [5.74, 6) is -1.18. The van der Waals surface area contributed by atoms with Crippen molar-refractivity contribution in [2.45, 2.75) is 30.1 Å². The number of hydrogen-bond acceptors (Lipinski definition) is 6. The maximum Gasteiger partial charge on any atom is 0.338 e. The molecule has 0 saturated carbocycles. The second-order valence-electron chi connectivity index (χ2n) is 5.85. The average Bonchev–Trinajstić information content (AvgIpc) is 3.21. The predicted octanol–water partition coefficient (Wildman–Crippen LogP) is 0.999. The van der Waals surface area contributed by atoms with Crippen LogP contribution in [0, 0.1) is 0 Å². The third-order valence-corrected chi connectivity index (χ3v) is 7.76. The molecule has 3 rings (SSSR count). The summed E-state index contributed by atoms with van der Waals surface area (Å²) in [5, 5.41) is 16.8. The summed E-state index contributed by atoms with van der Waals surface area (Å²) < 4.78 is 28.7. The normalized spacial score (nSPS) is 14.6. The molecule has 0 aromatic carbocycles. The van der Waals surface area contributed by atoms with Gasteiger partial charge in [0.2, 0.25) is 0 Å². The van der Waals surface area contributed by atoms with Gasteiger partial charge in [-0.3, -0.25) is 4.68 Å². The maximum atomic E-state index is 12.9. The van der Waals surface area contributed by atoms with E-state index in [4.69, 9.17) is 0 Å². The van der Waals surface area contributed by atoms with Crippen LogP contribution >= 0.6 is 11.3 Å². The zero-order valence-corrected chi connectivity index (χ0v) is 15.4. The van der Waals surface area contributed by atoms with E-state index in [9.17, 15) is 18.3 Å². The van der Waals surface area contributed by atoms with Crippen LogP contribution in [-0.2, 0) is 29.5 Å². The fourth-order valence-electron chi connectivity index (χ4n) is 2.86. The van der Waals surface area contributed by atoms with Gasteiger partial charge in [0.15, 0.2) is 0 Å². The van der Waals surface area contributed by atoms with Gasteiger partial charge in [0.05, 0.1) is 5.56 Å². The molecule has 0 radical (unpaired) electrons. The van der Waals surface area contributed by atoms with Crippen molar-refractivity contribution in [3.63, 3.8) is 0 Å². The summed E-state index contributed by atoms with van der Waals surface area (Å²) in [5.41, 5.74) is 0.597. The molecule has 0 saturated heterocycles. The van der Waals surface area contributed by atoms with Gasteiger partial charge in [-0.25, -0.2) is 17.5 Å². The van der Waals surface area contributed by atoms with Crippen molar-refractivity contribution in [3.8, 4) is 0 Å². The molecular weight excluding hydrogens is 364 g/mol. The lowest BCUT2D eigenvalue weighted by Crippen LogP contribution is -2.29. The van der Waals surface area contributed by atoms with Gasteiger partial charge in [0, 0.05) is 44.0 Å². The highest BCUT2D eigenvalue weighted by atomic mass is 32.2. The molecule has 0 unspecified atom stereocenters. The van der Waals surface area contributed by atoms with Crippen molar-refractivity contribution in [2.24, 2.45) is 0 Å². The number of aryl methyl sites for hydroxylation is 1. The largest absolute Gasteiger partial charge is 0.478 e. The van der Waals surface area contributed by atoms with Gasteiger partial charge in [0.1, 0.15) is 4.21 Å². The number of carboxylic acids is 1. The van der Waals surface area contributed by atoms with Crippen LogP contribution in [0.5, 0.6) is 0 Å². The standard InChI is InChI=1S/C15H20N4O4S2/c1-18(7-3-9-19-8-2-5-17-19)25(22,23)15-13(14(20)21)11-4-6-16-10-12(11)24-15/h2,5,8,16H,3-4,6-7,9-10H2,1H3,(H,20,21). The monoisotopic (exact) mass is 384 g/mol. The molecule has 0 bridgehead atoms. The van der Waals surface area contributed by atoms with Crippen LogP contribution in [0.4, 0.5) is 0 Å². The molecule has 2 aromatic rings. The van der Waals surface area contributed by atoms with Crippen LogP contribution in [0.1, 0.15) is 27.2 Å². The van der Waals surface area contributed by atoms with E-state index in [0.717, 1.165) is 16.2 Å². The number of aromatic carboxylic acids is 1. The van der Waals surface area contributed by atoms with Crippen LogP contribution in [-0.4, -0.2) is 53.7 Å². The van der Waals surface area contributed by atoms with Gasteiger partial charge in [-0.05, 0) is 31.0 Å². The molecule has 0 fully saturated rings. The first kappa shape index (κ1) is 18.1. The molecule has 0 aliphatic carbocycles. The summed E-state index contributed by atoms with van der Waals surface area (Å²) in [6, 6.07) is 1.81. The Hall–Kier alpha value is -1.75. The van der Waals surface area contributed by atoms with Gasteiger partial charge in [-0.15, -0.1) is 11.3 Å². The molecule has 10 heteroatoms. The van der Waals surface area contributed by atoms with Crippen molar-refractivity contribution in [3.05, 3.63) is 34.5 Å². The fraction of sp³-hybridized carbons (Fsp3) is 0.467. The van der Waals surface area contributed by atoms with Crippen LogP contribution < -0.4 is 5.32 Å². The Morgan fingerprint density at radius 1 is 1.52 bits per heavy atom. The van der Waals surface area contributed by atoms with Gasteiger partial charge in [0.25, 0.3) is 10.0 Å². The van der Waals surface area contributed by atoms with Crippen molar-refractivity contribution in [1.29, 1.82) is 0 Å². The molecular formula is C15H20N4O4S2. The van der Waals surface area contributed by atoms with Crippen molar-refractivity contribution >= 4 is 27.3 Å². The maximum absolute atomic E-state index is 12.9. The SMILES string of the molecule is CN(CCCn1cccn1)S(=O)(=O)c1sc2c(c1C(=O)O)CCNC2. The molecule has 136 valence electrons. The number of carbonyl (C=O) groups is 1. The van der Waals surface area contributed by atoms with E-state index in [1.54, 1.807) is 10.9 Å². The van der Waals surface area contributed by atoms with Crippen LogP contribution in [0.3, 0.4) is 0 Å². The number of sulfonamides is 1. The lowest BCUT2D eigenvalue weighted by Gasteiger charge is -2.17. The Labute approximate surface area is 150 Å². The molecule has 3 heterocycles. The fourth-order valence-corrected chi connectivity index (χ4v) is 6.12. The summed E-state index contributed by atoms with van der Waals surface area (Å²) in [4.78, 5) is 12.5. The Bertz CT molecular complexity index is 858. The second-order valence-corrected chi connectivity index (χ2v) is 9.19. The van der Waals surface area contributed by atoms with Gasteiger partial charge in [-0.1, -0.05) is 0 Å². The van der Waals surface area contributed by atoms with Crippen molar-refractivity contribution < 1.29 is 18.3 Å². The summed E-state index contributed by atoms with van der Waals surface area (Å²) in [6.07, 6.45) is 4.61. The van der Waals surface area contributed by atoms with E-state index < -0.39 is 16.0 Å². The molecule has 1 aliphatic heterocycles. The first-order valence-corrected chi connectivity index (χ1v) is 10.2. The predicted molar refractivity (Wildman–Crippen MR) is 93.3 cm³/mol. The first-order chi connectivity index (χ1) is 11.9. The van der Waals surface area contributed by atoms with Crippen molar-refractivity contribution in [1.82, 2.24) is 19.4 Å². The quantitative estimate of drug-likeness (QED) is 0.738. The van der Waals surface area contributed by atoms with Gasteiger partial charge in [-0.2, -0.15) is 5.10 Å². The highest BCUT2D eigenvalue weighted by molar-refractivity contribution is 7.91. The molecule has 0 atom stereocenters. The van der Waals surface area contributed by atoms with Gasteiger partial charge < -0.3 is 10.4 Å². The number of nitrogens with zero attached hydrogens (tertiary/aromatic N) is 3. The highest BCUT2D eigenvalue weighted by Crippen LogP contribution is 2.35. The van der Waals surface area contributed by atoms with Crippen LogP contribution in [0.15, 0.2) is 22.7 Å². The van der Waals surface area contributed by atoms with Crippen LogP contribution in [0.2, 0.25) is 0 Å². The highest BCUT2D eigenvalue weighted by Gasteiger charge is 2.33. The number of aromatic nitrogens is 2. The topological polar surface area (TPSA) is 105 Å². The molecule has 25 heavy (non-hydrogen) atoms. The van der Waals surface area contributed by atoms with E-state index in [0.29, 0.717) is 44.6 Å². The molecule has 2 aromatic heterocycles. The number of thiophene rings is 1. The van der Waals surface area contributed by atoms with E-state index in [-0.39, 0.29) is 9.77 Å². The summed E-state index contributed by atoms with van der Waals surface area (Å²) in [6.45, 7) is 2.06. The van der Waals surface area contributed by atoms with Gasteiger partial charge >= 0.3 is 5.97 Å². The number of hydrogen-bond donors (Lipinski definition) is 2. The average molecular weight is 384 g/mol. The minimum atomic E-state index is -3.84. The van der Waals surface area contributed by atoms with E-state index in [1.807, 2.05) is 12.3 Å². The minimum Gasteiger partial charge on any atom is -0.478 e. The molecule has 1 aliphatic rings. The smallest absolute Gasteiger partial charge is 0.338 e. The second kappa shape index (κ2) is 7.24. The Morgan fingerprint density at radius 3 is 3.00 bits per heavy atom. The summed E-state index contributed by atoms with van der Waals surface area (Å²) >= 11 is 1.07. The Balaban J connectivity index is 1.81. The Kier molecular flexibility index (Phi) is 5.23. The summed E-state index contributed by atoms with van der Waals surface area (Å²) in [7, 11) is -2.35. The third kappa shape index (κ3) is 3.61. The van der Waals surface area contributed by atoms with E-state index in [2.05, 4.69) is 10.4 Å². The van der Waals surface area contributed by atoms with E-state index in [1.165, 1.54) is 11.4 Å². The lowest BCUT2D eigenvalue weighted by molar-refractivity contribution is 0.0692. The lowest BCUT2D eigenvalue weighted by atomic mass is 10.1. The molecule has 0 amide bonds. The molecule has 2 N–H and O–H groups in total. The van der Waals surface area contributed by atoms with Crippen LogP contribution in [0.25, 0.3) is 0 Å². The van der Waals surface area contributed by atoms with Crippen molar-refractivity contribution in [2.75, 3.05) is 20.1 Å². The molecule has 0 spiro atoms. The number of carboxylic acid groups (broad SMARTS) is 1.